The molecule has 0 amide bonds. The Bertz CT molecular complexity index is 572. The van der Waals surface area contributed by atoms with Crippen LogP contribution in [0.2, 0.25) is 0 Å². The Morgan fingerprint density at radius 2 is 1.80 bits per heavy atom. The van der Waals surface area contributed by atoms with Crippen LogP contribution in [-0.4, -0.2) is 17.6 Å². The molecule has 0 aliphatic carbocycles. The van der Waals surface area contributed by atoms with E-state index in [1.807, 2.05) is 50.2 Å². The lowest BCUT2D eigenvalue weighted by Crippen LogP contribution is -2.28. The van der Waals surface area contributed by atoms with Crippen molar-refractivity contribution >= 4 is 11.7 Å². The van der Waals surface area contributed by atoms with E-state index in [0.29, 0.717) is 6.54 Å². The second-order valence-corrected chi connectivity index (χ2v) is 4.81. The third-order valence-corrected chi connectivity index (χ3v) is 3.14. The first-order valence-electron chi connectivity index (χ1n) is 6.69. The number of hydrogen-bond acceptors (Lipinski definition) is 3. The van der Waals surface area contributed by atoms with E-state index in [4.69, 9.17) is 9.52 Å². The topological polar surface area (TPSA) is 53.7 Å². The fraction of sp³-hybridized carbons (Fsp3) is 0.312. The molecular formula is C16H19NO3. The molecule has 1 aromatic heterocycles. The summed E-state index contributed by atoms with van der Waals surface area (Å²) in [6, 6.07) is 11.7. The molecule has 4 nitrogen and oxygen atoms in total. The maximum absolute atomic E-state index is 11.0. The van der Waals surface area contributed by atoms with Crippen molar-refractivity contribution < 1.29 is 14.3 Å². The molecule has 0 atom stereocenters. The van der Waals surface area contributed by atoms with Gasteiger partial charge in [-0.2, -0.15) is 0 Å². The van der Waals surface area contributed by atoms with Gasteiger partial charge in [-0.3, -0.25) is 4.79 Å². The molecule has 0 aliphatic rings. The Morgan fingerprint density at radius 3 is 2.35 bits per heavy atom. The monoisotopic (exact) mass is 273 g/mol. The zero-order valence-corrected chi connectivity index (χ0v) is 11.8. The highest BCUT2D eigenvalue weighted by Gasteiger charge is 2.13. The summed E-state index contributed by atoms with van der Waals surface area (Å²) in [7, 11) is 0. The largest absolute Gasteiger partial charge is 0.480 e. The second kappa shape index (κ2) is 6.28. The number of aryl methyl sites for hydroxylation is 2. The number of carboxylic acids is 1. The average Bonchev–Trinajstić information content (AvgIpc) is 2.86. The molecule has 0 unspecified atom stereocenters. The lowest BCUT2D eigenvalue weighted by molar-refractivity contribution is -0.135. The highest BCUT2D eigenvalue weighted by molar-refractivity contribution is 5.73. The van der Waals surface area contributed by atoms with E-state index in [-0.39, 0.29) is 6.54 Å². The van der Waals surface area contributed by atoms with E-state index in [1.54, 1.807) is 4.90 Å². The maximum atomic E-state index is 11.0. The van der Waals surface area contributed by atoms with Gasteiger partial charge >= 0.3 is 5.97 Å². The lowest BCUT2D eigenvalue weighted by atomic mass is 10.2. The van der Waals surface area contributed by atoms with Gasteiger partial charge in [-0.15, -0.1) is 0 Å². The molecule has 4 heteroatoms. The molecule has 0 bridgehead atoms. The summed E-state index contributed by atoms with van der Waals surface area (Å²) < 4.78 is 5.66. The van der Waals surface area contributed by atoms with Crippen molar-refractivity contribution in [1.82, 2.24) is 0 Å². The van der Waals surface area contributed by atoms with Crippen LogP contribution in [0.25, 0.3) is 0 Å². The van der Waals surface area contributed by atoms with E-state index >= 15 is 0 Å². The summed E-state index contributed by atoms with van der Waals surface area (Å²) in [4.78, 5) is 12.8. The molecule has 0 saturated heterocycles. The Hall–Kier alpha value is -2.23. The first-order valence-corrected chi connectivity index (χ1v) is 6.69. The van der Waals surface area contributed by atoms with Gasteiger partial charge in [-0.1, -0.05) is 24.6 Å². The minimum absolute atomic E-state index is 0.0504. The van der Waals surface area contributed by atoms with Crippen molar-refractivity contribution in [3.8, 4) is 0 Å². The molecule has 2 aromatic rings. The number of aliphatic carboxylic acids is 1. The fourth-order valence-electron chi connectivity index (χ4n) is 2.04. The molecule has 0 fully saturated rings. The third-order valence-electron chi connectivity index (χ3n) is 3.14. The minimum atomic E-state index is -0.854. The van der Waals surface area contributed by atoms with Gasteiger partial charge in [0.25, 0.3) is 0 Å². The Morgan fingerprint density at radius 1 is 1.15 bits per heavy atom. The molecule has 1 aromatic carbocycles. The van der Waals surface area contributed by atoms with Gasteiger partial charge in [0.1, 0.15) is 18.1 Å². The van der Waals surface area contributed by atoms with Gasteiger partial charge in [0.05, 0.1) is 6.54 Å². The molecule has 0 radical (unpaired) electrons. The molecule has 1 N–H and O–H groups in total. The number of carboxylic acid groups (broad SMARTS) is 1. The van der Waals surface area contributed by atoms with E-state index in [0.717, 1.165) is 29.2 Å². The van der Waals surface area contributed by atoms with Crippen LogP contribution >= 0.6 is 0 Å². The number of rotatable bonds is 6. The van der Waals surface area contributed by atoms with Gasteiger partial charge in [-0.05, 0) is 31.2 Å². The number of benzene rings is 1. The van der Waals surface area contributed by atoms with Crippen LogP contribution < -0.4 is 4.90 Å². The molecule has 106 valence electrons. The van der Waals surface area contributed by atoms with Crippen LogP contribution in [0.1, 0.15) is 24.0 Å². The first kappa shape index (κ1) is 14.2. The van der Waals surface area contributed by atoms with Crippen molar-refractivity contribution in [3.05, 3.63) is 53.5 Å². The minimum Gasteiger partial charge on any atom is -0.480 e. The summed E-state index contributed by atoms with van der Waals surface area (Å²) in [6.07, 6.45) is 0.837. The smallest absolute Gasteiger partial charge is 0.323 e. The fourth-order valence-corrected chi connectivity index (χ4v) is 2.04. The van der Waals surface area contributed by atoms with E-state index < -0.39 is 5.97 Å². The van der Waals surface area contributed by atoms with Crippen LogP contribution in [0, 0.1) is 6.92 Å². The van der Waals surface area contributed by atoms with Crippen LogP contribution in [0.5, 0.6) is 0 Å². The molecule has 0 spiro atoms. The average molecular weight is 273 g/mol. The van der Waals surface area contributed by atoms with Crippen molar-refractivity contribution in [2.75, 3.05) is 11.4 Å². The van der Waals surface area contributed by atoms with Crippen molar-refractivity contribution in [2.45, 2.75) is 26.8 Å². The quantitative estimate of drug-likeness (QED) is 0.877. The Balaban J connectivity index is 2.18. The number of furan rings is 1. The molecule has 0 aliphatic heterocycles. The summed E-state index contributed by atoms with van der Waals surface area (Å²) in [5.74, 6) is 0.843. The predicted molar refractivity (Wildman–Crippen MR) is 78.0 cm³/mol. The lowest BCUT2D eigenvalue weighted by Gasteiger charge is -2.21. The van der Waals surface area contributed by atoms with Gasteiger partial charge in [-0.25, -0.2) is 0 Å². The zero-order valence-electron chi connectivity index (χ0n) is 11.8. The molecule has 2 rings (SSSR count). The standard InChI is InChI=1S/C16H19NO3/c1-3-14-8-9-15(20-14)10-17(11-16(18)19)13-6-4-12(2)5-7-13/h4-9H,3,10-11H2,1-2H3,(H,18,19). The third kappa shape index (κ3) is 3.63. The number of carbonyl (C=O) groups is 1. The SMILES string of the molecule is CCc1ccc(CN(CC(=O)O)c2ccc(C)cc2)o1. The predicted octanol–water partition coefficient (Wildman–Crippen LogP) is 3.24. The van der Waals surface area contributed by atoms with Crippen LogP contribution in [-0.2, 0) is 17.8 Å². The zero-order chi connectivity index (χ0) is 14.5. The van der Waals surface area contributed by atoms with Gasteiger partial charge < -0.3 is 14.4 Å². The first-order chi connectivity index (χ1) is 9.58. The van der Waals surface area contributed by atoms with Crippen molar-refractivity contribution in [2.24, 2.45) is 0 Å². The van der Waals surface area contributed by atoms with Gasteiger partial charge in [0, 0.05) is 12.1 Å². The van der Waals surface area contributed by atoms with Gasteiger partial charge in [0.2, 0.25) is 0 Å². The normalized spacial score (nSPS) is 10.5. The number of nitrogens with zero attached hydrogens (tertiary/aromatic N) is 1. The van der Waals surface area contributed by atoms with E-state index in [2.05, 4.69) is 0 Å². The van der Waals surface area contributed by atoms with Gasteiger partial charge in [0.15, 0.2) is 0 Å². The summed E-state index contributed by atoms with van der Waals surface area (Å²) in [5.41, 5.74) is 2.03. The number of anilines is 1. The number of hydrogen-bond donors (Lipinski definition) is 1. The molecular weight excluding hydrogens is 254 g/mol. The molecule has 1 heterocycles. The van der Waals surface area contributed by atoms with Crippen LogP contribution in [0.15, 0.2) is 40.8 Å². The summed E-state index contributed by atoms with van der Waals surface area (Å²) >= 11 is 0. The van der Waals surface area contributed by atoms with Crippen LogP contribution in [0.3, 0.4) is 0 Å². The van der Waals surface area contributed by atoms with Crippen molar-refractivity contribution in [3.63, 3.8) is 0 Å². The summed E-state index contributed by atoms with van der Waals surface area (Å²) in [5, 5.41) is 9.06. The summed E-state index contributed by atoms with van der Waals surface area (Å²) in [6.45, 7) is 4.43. The van der Waals surface area contributed by atoms with Crippen LogP contribution in [0.4, 0.5) is 5.69 Å². The second-order valence-electron chi connectivity index (χ2n) is 4.81. The highest BCUT2D eigenvalue weighted by Crippen LogP contribution is 2.19. The van der Waals surface area contributed by atoms with E-state index in [9.17, 15) is 4.79 Å². The maximum Gasteiger partial charge on any atom is 0.323 e. The molecule has 20 heavy (non-hydrogen) atoms. The highest BCUT2D eigenvalue weighted by atomic mass is 16.4. The van der Waals surface area contributed by atoms with Crippen molar-refractivity contribution in [1.29, 1.82) is 0 Å². The molecule has 0 saturated carbocycles. The van der Waals surface area contributed by atoms with E-state index in [1.165, 1.54) is 0 Å². The Kier molecular flexibility index (Phi) is 4.45. The Labute approximate surface area is 118 Å².